The van der Waals surface area contributed by atoms with Crippen molar-refractivity contribution < 1.29 is 14.7 Å². The Labute approximate surface area is 115 Å². The predicted octanol–water partition coefficient (Wildman–Crippen LogP) is 2.41. The molecule has 1 heterocycles. The third-order valence-corrected chi connectivity index (χ3v) is 4.00. The highest BCUT2D eigenvalue weighted by Gasteiger charge is 2.49. The molecule has 0 spiro atoms. The molecular formula is C14H12ClNO3. The molecule has 4 nitrogen and oxygen atoms in total. The average molecular weight is 278 g/mol. The summed E-state index contributed by atoms with van der Waals surface area (Å²) in [6, 6.07) is 6.36. The molecule has 0 aromatic heterocycles. The van der Waals surface area contributed by atoms with E-state index in [-0.39, 0.29) is 29.2 Å². The summed E-state index contributed by atoms with van der Waals surface area (Å²) in [4.78, 5) is 25.8. The van der Waals surface area contributed by atoms with Crippen molar-refractivity contribution in [1.82, 2.24) is 0 Å². The highest BCUT2D eigenvalue weighted by molar-refractivity contribution is 6.30. The number of anilines is 1. The molecule has 2 aliphatic rings. The molecule has 1 saturated heterocycles. The summed E-state index contributed by atoms with van der Waals surface area (Å²) in [5, 5.41) is 10.4. The Morgan fingerprint density at radius 3 is 2.58 bits per heavy atom. The Morgan fingerprint density at radius 1 is 1.16 bits per heavy atom. The first-order valence-corrected chi connectivity index (χ1v) is 6.47. The third kappa shape index (κ3) is 1.83. The van der Waals surface area contributed by atoms with Gasteiger partial charge in [0.1, 0.15) is 5.75 Å². The molecule has 0 unspecified atom stereocenters. The lowest BCUT2D eigenvalue weighted by Crippen LogP contribution is -2.30. The van der Waals surface area contributed by atoms with Gasteiger partial charge in [-0.2, -0.15) is 0 Å². The summed E-state index contributed by atoms with van der Waals surface area (Å²) in [6.07, 6.45) is 2.68. The first-order chi connectivity index (χ1) is 9.09. The van der Waals surface area contributed by atoms with Gasteiger partial charge in [-0.25, -0.2) is 4.90 Å². The molecular weight excluding hydrogens is 266 g/mol. The molecule has 1 aliphatic heterocycles. The van der Waals surface area contributed by atoms with Crippen LogP contribution in [0.2, 0.25) is 0 Å². The summed E-state index contributed by atoms with van der Waals surface area (Å²) >= 11 is 5.95. The minimum Gasteiger partial charge on any atom is -0.506 e. The number of carbonyl (C=O) groups excluding carboxylic acids is 2. The Hall–Kier alpha value is -1.81. The van der Waals surface area contributed by atoms with Crippen molar-refractivity contribution in [3.05, 3.63) is 35.4 Å². The Bertz CT molecular complexity index is 596. The van der Waals surface area contributed by atoms with Crippen LogP contribution in [0.15, 0.2) is 35.4 Å². The van der Waals surface area contributed by atoms with E-state index in [1.165, 1.54) is 6.07 Å². The van der Waals surface area contributed by atoms with E-state index >= 15 is 0 Å². The van der Waals surface area contributed by atoms with Gasteiger partial charge in [0, 0.05) is 5.03 Å². The van der Waals surface area contributed by atoms with Crippen molar-refractivity contribution in [2.24, 2.45) is 11.8 Å². The SMILES string of the molecule is O=C1[C@H]2CC=C(Cl)C[C@H]2C(=O)N1c1ccccc1O. The topological polar surface area (TPSA) is 57.6 Å². The van der Waals surface area contributed by atoms with Crippen molar-refractivity contribution in [1.29, 1.82) is 0 Å². The number of benzene rings is 1. The van der Waals surface area contributed by atoms with Crippen molar-refractivity contribution in [3.8, 4) is 5.75 Å². The van der Waals surface area contributed by atoms with Crippen LogP contribution in [0.5, 0.6) is 5.75 Å². The number of amides is 2. The summed E-state index contributed by atoms with van der Waals surface area (Å²) in [7, 11) is 0. The maximum absolute atomic E-state index is 12.4. The monoisotopic (exact) mass is 277 g/mol. The van der Waals surface area contributed by atoms with Gasteiger partial charge in [-0.3, -0.25) is 9.59 Å². The molecule has 2 atom stereocenters. The fourth-order valence-corrected chi connectivity index (χ4v) is 2.97. The Balaban J connectivity index is 2.00. The van der Waals surface area contributed by atoms with E-state index < -0.39 is 5.92 Å². The molecule has 2 amide bonds. The first-order valence-electron chi connectivity index (χ1n) is 6.10. The molecule has 3 rings (SSSR count). The maximum atomic E-state index is 12.4. The normalized spacial score (nSPS) is 26.4. The van der Waals surface area contributed by atoms with Crippen molar-refractivity contribution in [2.75, 3.05) is 4.90 Å². The van der Waals surface area contributed by atoms with Gasteiger partial charge >= 0.3 is 0 Å². The van der Waals surface area contributed by atoms with Gasteiger partial charge < -0.3 is 5.11 Å². The molecule has 1 fully saturated rings. The van der Waals surface area contributed by atoms with E-state index in [0.717, 1.165) is 4.90 Å². The molecule has 0 bridgehead atoms. The second kappa shape index (κ2) is 4.38. The second-order valence-electron chi connectivity index (χ2n) is 4.80. The number of halogens is 1. The number of nitrogens with zero attached hydrogens (tertiary/aromatic N) is 1. The summed E-state index contributed by atoms with van der Waals surface area (Å²) in [6.45, 7) is 0. The first kappa shape index (κ1) is 12.2. The van der Waals surface area contributed by atoms with Crippen LogP contribution in [0.25, 0.3) is 0 Å². The van der Waals surface area contributed by atoms with Crippen LogP contribution < -0.4 is 4.90 Å². The lowest BCUT2D eigenvalue weighted by Gasteiger charge is -2.17. The zero-order chi connectivity index (χ0) is 13.6. The molecule has 1 aromatic carbocycles. The summed E-state index contributed by atoms with van der Waals surface area (Å²) < 4.78 is 0. The van der Waals surface area contributed by atoms with E-state index in [4.69, 9.17) is 11.6 Å². The quantitative estimate of drug-likeness (QED) is 0.802. The number of para-hydroxylation sites is 2. The number of carbonyl (C=O) groups is 2. The molecule has 98 valence electrons. The van der Waals surface area contributed by atoms with E-state index in [1.807, 2.05) is 0 Å². The number of rotatable bonds is 1. The van der Waals surface area contributed by atoms with Gasteiger partial charge in [-0.05, 0) is 25.0 Å². The largest absolute Gasteiger partial charge is 0.506 e. The molecule has 0 saturated carbocycles. The van der Waals surface area contributed by atoms with Gasteiger partial charge in [0.2, 0.25) is 11.8 Å². The molecule has 0 radical (unpaired) electrons. The fraction of sp³-hybridized carbons (Fsp3) is 0.286. The molecule has 5 heteroatoms. The van der Waals surface area contributed by atoms with Gasteiger partial charge in [-0.1, -0.05) is 29.8 Å². The average Bonchev–Trinajstić information content (AvgIpc) is 2.63. The van der Waals surface area contributed by atoms with Crippen LogP contribution >= 0.6 is 11.6 Å². The van der Waals surface area contributed by atoms with E-state index in [2.05, 4.69) is 0 Å². The van der Waals surface area contributed by atoms with Crippen LogP contribution in [-0.4, -0.2) is 16.9 Å². The highest BCUT2D eigenvalue weighted by Crippen LogP contribution is 2.42. The summed E-state index contributed by atoms with van der Waals surface area (Å²) in [5.74, 6) is -1.35. The number of phenols is 1. The third-order valence-electron chi connectivity index (χ3n) is 3.69. The number of hydrogen-bond donors (Lipinski definition) is 1. The van der Waals surface area contributed by atoms with Gasteiger partial charge in [-0.15, -0.1) is 0 Å². The van der Waals surface area contributed by atoms with Crippen LogP contribution in [0.3, 0.4) is 0 Å². The Morgan fingerprint density at radius 2 is 1.84 bits per heavy atom. The highest BCUT2D eigenvalue weighted by atomic mass is 35.5. The van der Waals surface area contributed by atoms with Crippen LogP contribution in [-0.2, 0) is 9.59 Å². The number of fused-ring (bicyclic) bond motifs is 1. The number of imide groups is 1. The lowest BCUT2D eigenvalue weighted by molar-refractivity contribution is -0.122. The molecule has 19 heavy (non-hydrogen) atoms. The maximum Gasteiger partial charge on any atom is 0.238 e. The number of hydrogen-bond acceptors (Lipinski definition) is 3. The molecule has 1 aromatic rings. The van der Waals surface area contributed by atoms with E-state index in [1.54, 1.807) is 24.3 Å². The van der Waals surface area contributed by atoms with Crippen molar-refractivity contribution >= 4 is 29.1 Å². The lowest BCUT2D eigenvalue weighted by atomic mass is 9.85. The van der Waals surface area contributed by atoms with Crippen LogP contribution in [0, 0.1) is 11.8 Å². The molecule has 1 N–H and O–H groups in total. The Kier molecular flexibility index (Phi) is 2.82. The van der Waals surface area contributed by atoms with E-state index in [9.17, 15) is 14.7 Å². The standard InChI is InChI=1S/C14H12ClNO3/c15-8-5-6-9-10(7-8)14(19)16(13(9)18)11-3-1-2-4-12(11)17/h1-5,9-10,17H,6-7H2/t9-,10+/m0/s1. The van der Waals surface area contributed by atoms with Crippen molar-refractivity contribution in [2.45, 2.75) is 12.8 Å². The fourth-order valence-electron chi connectivity index (χ4n) is 2.72. The number of allylic oxidation sites excluding steroid dienone is 2. The molecule has 1 aliphatic carbocycles. The van der Waals surface area contributed by atoms with E-state index in [0.29, 0.717) is 17.9 Å². The number of aromatic hydroxyl groups is 1. The zero-order valence-electron chi connectivity index (χ0n) is 10.0. The van der Waals surface area contributed by atoms with Gasteiger partial charge in [0.05, 0.1) is 17.5 Å². The number of phenolic OH excluding ortho intramolecular Hbond substituents is 1. The van der Waals surface area contributed by atoms with Crippen molar-refractivity contribution in [3.63, 3.8) is 0 Å². The smallest absolute Gasteiger partial charge is 0.238 e. The van der Waals surface area contributed by atoms with Gasteiger partial charge in [0.15, 0.2) is 0 Å². The minimum absolute atomic E-state index is 0.0677. The second-order valence-corrected chi connectivity index (χ2v) is 5.29. The predicted molar refractivity (Wildman–Crippen MR) is 70.7 cm³/mol. The van der Waals surface area contributed by atoms with Gasteiger partial charge in [0.25, 0.3) is 0 Å². The summed E-state index contributed by atoms with van der Waals surface area (Å²) in [5.41, 5.74) is 0.253. The minimum atomic E-state index is -0.399. The van der Waals surface area contributed by atoms with Crippen LogP contribution in [0.4, 0.5) is 5.69 Å². The zero-order valence-corrected chi connectivity index (χ0v) is 10.8. The van der Waals surface area contributed by atoms with Crippen LogP contribution in [0.1, 0.15) is 12.8 Å².